The van der Waals surface area contributed by atoms with Crippen LogP contribution < -0.4 is 9.91 Å². The van der Waals surface area contributed by atoms with Crippen molar-refractivity contribution in [2.45, 2.75) is 12.6 Å². The van der Waals surface area contributed by atoms with Gasteiger partial charge in [-0.15, -0.1) is 0 Å². The second kappa shape index (κ2) is 9.50. The zero-order valence-corrected chi connectivity index (χ0v) is 18.2. The number of aromatic nitrogens is 1. The van der Waals surface area contributed by atoms with Gasteiger partial charge in [0.05, 0.1) is 17.7 Å². The lowest BCUT2D eigenvalue weighted by Crippen LogP contribution is -2.54. The highest BCUT2D eigenvalue weighted by Gasteiger charge is 2.32. The van der Waals surface area contributed by atoms with Crippen LogP contribution in [0.25, 0.3) is 0 Å². The smallest absolute Gasteiger partial charge is 0.393 e. The topological polar surface area (TPSA) is 69.0 Å². The summed E-state index contributed by atoms with van der Waals surface area (Å²) in [7, 11) is 0. The minimum absolute atomic E-state index is 0.0922. The van der Waals surface area contributed by atoms with Crippen molar-refractivity contribution < 1.29 is 27.9 Å². The Morgan fingerprint density at radius 1 is 0.912 bits per heavy atom. The number of carboxylic acid groups (broad SMARTS) is 1. The van der Waals surface area contributed by atoms with E-state index in [-0.39, 0.29) is 17.2 Å². The van der Waals surface area contributed by atoms with Crippen LogP contribution in [-0.2, 0) is 6.42 Å². The van der Waals surface area contributed by atoms with Crippen LogP contribution in [0.2, 0.25) is 0 Å². The quantitative estimate of drug-likeness (QED) is 0.594. The maximum absolute atomic E-state index is 13.4. The molecular weight excluding hydrogens is 449 g/mol. The van der Waals surface area contributed by atoms with Crippen molar-refractivity contribution in [2.24, 2.45) is 0 Å². The third kappa shape index (κ3) is 5.16. The van der Waals surface area contributed by atoms with E-state index in [4.69, 9.17) is 0 Å². The van der Waals surface area contributed by atoms with Crippen LogP contribution in [0, 0.1) is 0 Å². The fourth-order valence-corrected chi connectivity index (χ4v) is 4.03. The molecule has 4 rings (SSSR count). The summed E-state index contributed by atoms with van der Waals surface area (Å²) in [6.45, 7) is 1.24. The van der Waals surface area contributed by atoms with E-state index in [0.717, 1.165) is 6.07 Å². The maximum atomic E-state index is 13.4. The number of carboxylic acids is 1. The van der Waals surface area contributed by atoms with Crippen molar-refractivity contribution in [3.05, 3.63) is 84.2 Å². The van der Waals surface area contributed by atoms with Gasteiger partial charge in [-0.3, -0.25) is 4.68 Å². The molecule has 0 unspecified atom stereocenters. The number of para-hydroxylation sites is 1. The number of halogens is 3. The zero-order chi connectivity index (χ0) is 24.3. The standard InChI is InChI=1S/C24H23F3N4O3/c25-24(26,27)17-19-16-18(22(32)33)8-9-21(19)28-12-14-29(15-13-28)23(34)31(30-10-4-5-11-30)20-6-2-1-3-7-20/h1-11,16H,12-15,17H2,(H,32,33). The zero-order valence-electron chi connectivity index (χ0n) is 18.2. The lowest BCUT2D eigenvalue weighted by molar-refractivity contribution is -0.127. The van der Waals surface area contributed by atoms with Crippen LogP contribution in [0.3, 0.4) is 0 Å². The molecule has 1 aromatic heterocycles. The number of benzene rings is 2. The summed E-state index contributed by atoms with van der Waals surface area (Å²) in [5, 5.41) is 10.7. The van der Waals surface area contributed by atoms with Gasteiger partial charge >= 0.3 is 18.2 Å². The summed E-state index contributed by atoms with van der Waals surface area (Å²) in [6.07, 6.45) is -2.18. The predicted molar refractivity (Wildman–Crippen MR) is 121 cm³/mol. The van der Waals surface area contributed by atoms with Gasteiger partial charge in [0.1, 0.15) is 0 Å². The van der Waals surface area contributed by atoms with E-state index in [2.05, 4.69) is 0 Å². The van der Waals surface area contributed by atoms with Crippen molar-refractivity contribution in [2.75, 3.05) is 36.1 Å². The van der Waals surface area contributed by atoms with E-state index >= 15 is 0 Å². The molecule has 0 bridgehead atoms. The molecule has 2 aromatic carbocycles. The molecule has 1 fully saturated rings. The number of alkyl halides is 3. The Morgan fingerprint density at radius 3 is 2.15 bits per heavy atom. The molecule has 1 aliphatic rings. The van der Waals surface area contributed by atoms with Crippen LogP contribution in [-0.4, -0.2) is 59.0 Å². The molecule has 3 aromatic rings. The van der Waals surface area contributed by atoms with Gasteiger partial charge in [-0.25, -0.2) is 9.59 Å². The first-order chi connectivity index (χ1) is 16.2. The van der Waals surface area contributed by atoms with Crippen molar-refractivity contribution in [1.82, 2.24) is 9.58 Å². The molecule has 34 heavy (non-hydrogen) atoms. The molecule has 7 nitrogen and oxygen atoms in total. The predicted octanol–water partition coefficient (Wildman–Crippen LogP) is 4.50. The number of amides is 2. The number of rotatable bonds is 5. The van der Waals surface area contributed by atoms with Gasteiger partial charge in [0, 0.05) is 44.3 Å². The highest BCUT2D eigenvalue weighted by molar-refractivity contribution is 5.92. The number of anilines is 2. The SMILES string of the molecule is O=C(O)c1ccc(N2CCN(C(=O)N(c3ccccc3)n3cccc3)CC2)c(CC(F)(F)F)c1. The minimum Gasteiger partial charge on any atom is -0.478 e. The van der Waals surface area contributed by atoms with E-state index in [0.29, 0.717) is 37.6 Å². The molecule has 1 N–H and O–H groups in total. The van der Waals surface area contributed by atoms with Crippen LogP contribution in [0.4, 0.5) is 29.3 Å². The van der Waals surface area contributed by atoms with Crippen molar-refractivity contribution in [3.63, 3.8) is 0 Å². The first-order valence-corrected chi connectivity index (χ1v) is 10.7. The largest absolute Gasteiger partial charge is 0.478 e. The average molecular weight is 472 g/mol. The van der Waals surface area contributed by atoms with Crippen molar-refractivity contribution >= 4 is 23.4 Å². The van der Waals surface area contributed by atoms with Crippen molar-refractivity contribution in [3.8, 4) is 0 Å². The summed E-state index contributed by atoms with van der Waals surface area (Å²) in [5.74, 6) is -1.28. The van der Waals surface area contributed by atoms with Gasteiger partial charge in [0.25, 0.3) is 0 Å². The summed E-state index contributed by atoms with van der Waals surface area (Å²) in [6, 6.07) is 16.3. The summed E-state index contributed by atoms with van der Waals surface area (Å²) in [5.41, 5.74) is 0.732. The number of aromatic carboxylic acids is 1. The summed E-state index contributed by atoms with van der Waals surface area (Å²) >= 11 is 0. The Bertz CT molecular complexity index is 1140. The highest BCUT2D eigenvalue weighted by atomic mass is 19.4. The number of nitrogens with zero attached hydrogens (tertiary/aromatic N) is 4. The molecule has 0 atom stereocenters. The van der Waals surface area contributed by atoms with E-state index in [1.807, 2.05) is 42.5 Å². The first kappa shape index (κ1) is 23.2. The average Bonchev–Trinajstić information content (AvgIpc) is 3.33. The van der Waals surface area contributed by atoms with Crippen LogP contribution >= 0.6 is 0 Å². The molecule has 0 spiro atoms. The molecule has 0 radical (unpaired) electrons. The third-order valence-corrected chi connectivity index (χ3v) is 5.61. The highest BCUT2D eigenvalue weighted by Crippen LogP contribution is 2.30. The molecule has 2 amide bonds. The van der Waals surface area contributed by atoms with Gasteiger partial charge in [0.2, 0.25) is 0 Å². The maximum Gasteiger partial charge on any atom is 0.393 e. The van der Waals surface area contributed by atoms with Gasteiger partial charge in [-0.05, 0) is 48.0 Å². The summed E-state index contributed by atoms with van der Waals surface area (Å²) < 4.78 is 41.1. The second-order valence-corrected chi connectivity index (χ2v) is 7.91. The number of carbonyl (C=O) groups excluding carboxylic acids is 1. The fraction of sp³-hybridized carbons (Fsp3) is 0.250. The first-order valence-electron chi connectivity index (χ1n) is 10.7. The second-order valence-electron chi connectivity index (χ2n) is 7.91. The normalized spacial score (nSPS) is 14.2. The fourth-order valence-electron chi connectivity index (χ4n) is 4.03. The monoisotopic (exact) mass is 472 g/mol. The summed E-state index contributed by atoms with van der Waals surface area (Å²) in [4.78, 5) is 28.1. The van der Waals surface area contributed by atoms with Crippen molar-refractivity contribution in [1.29, 1.82) is 0 Å². The Kier molecular flexibility index (Phi) is 6.49. The molecular formula is C24H23F3N4O3. The Hall–Kier alpha value is -3.95. The number of hydrogen-bond donors (Lipinski definition) is 1. The molecule has 2 heterocycles. The molecule has 0 saturated carbocycles. The third-order valence-electron chi connectivity index (χ3n) is 5.61. The van der Waals surface area contributed by atoms with Crippen LogP contribution in [0.1, 0.15) is 15.9 Å². The van der Waals surface area contributed by atoms with E-state index in [9.17, 15) is 27.9 Å². The van der Waals surface area contributed by atoms with E-state index < -0.39 is 18.6 Å². The van der Waals surface area contributed by atoms with Crippen LogP contribution in [0.5, 0.6) is 0 Å². The Labute approximate surface area is 194 Å². The molecule has 10 heteroatoms. The molecule has 1 aliphatic heterocycles. The lowest BCUT2D eigenvalue weighted by atomic mass is 10.0. The lowest BCUT2D eigenvalue weighted by Gasteiger charge is -2.39. The Morgan fingerprint density at radius 2 is 1.56 bits per heavy atom. The number of carbonyl (C=O) groups is 2. The number of hydrogen-bond acceptors (Lipinski definition) is 3. The van der Waals surface area contributed by atoms with Gasteiger partial charge in [0.15, 0.2) is 0 Å². The number of piperazine rings is 1. The van der Waals surface area contributed by atoms with Crippen LogP contribution in [0.15, 0.2) is 73.1 Å². The molecule has 1 saturated heterocycles. The van der Waals surface area contributed by atoms with E-state index in [1.54, 1.807) is 26.9 Å². The van der Waals surface area contributed by atoms with E-state index in [1.165, 1.54) is 17.1 Å². The van der Waals surface area contributed by atoms with Gasteiger partial charge in [-0.2, -0.15) is 18.2 Å². The number of urea groups is 1. The Balaban J connectivity index is 1.53. The molecule has 0 aliphatic carbocycles. The van der Waals surface area contributed by atoms with Gasteiger partial charge in [-0.1, -0.05) is 18.2 Å². The molecule has 178 valence electrons. The minimum atomic E-state index is -4.48. The van der Waals surface area contributed by atoms with Gasteiger partial charge < -0.3 is 14.9 Å².